The molecule has 0 bridgehead atoms. The normalized spacial score (nSPS) is 10.9. The summed E-state index contributed by atoms with van der Waals surface area (Å²) in [7, 11) is 0. The minimum Gasteiger partial charge on any atom is -0.451 e. The van der Waals surface area contributed by atoms with Crippen LogP contribution in [-0.2, 0) is 6.18 Å². The highest BCUT2D eigenvalue weighted by atomic mass is 19.4. The van der Waals surface area contributed by atoms with Gasteiger partial charge in [0.2, 0.25) is 0 Å². The Balaban J connectivity index is 1.74. The Morgan fingerprint density at radius 2 is 1.78 bits per heavy atom. The molecule has 3 rings (SSSR count). The van der Waals surface area contributed by atoms with Gasteiger partial charge in [-0.3, -0.25) is 9.59 Å². The van der Waals surface area contributed by atoms with Crippen LogP contribution in [-0.4, -0.2) is 12.5 Å². The summed E-state index contributed by atoms with van der Waals surface area (Å²) >= 11 is 0. The number of halogens is 3. The van der Waals surface area contributed by atoms with Gasteiger partial charge in [0.05, 0.1) is 17.5 Å². The van der Waals surface area contributed by atoms with Crippen LogP contribution in [0.3, 0.4) is 0 Å². The lowest BCUT2D eigenvalue weighted by molar-refractivity contribution is -0.137. The number of carbonyl (C=O) groups excluding carboxylic acids is 1. The standard InChI is InChI=1S/C20H12F3NO3/c21-20(22,23)15-9-3-1-6-13(15)7-5-11-24-19(26)18-12-16(25)14-8-2-4-10-17(14)27-18/h1-4,6,8-10,12H,11H2,(H,24,26). The van der Waals surface area contributed by atoms with Gasteiger partial charge in [-0.1, -0.05) is 36.1 Å². The second-order valence-corrected chi connectivity index (χ2v) is 5.50. The van der Waals surface area contributed by atoms with Crippen molar-refractivity contribution in [2.24, 2.45) is 0 Å². The van der Waals surface area contributed by atoms with Crippen LogP contribution in [0, 0.1) is 11.8 Å². The van der Waals surface area contributed by atoms with Crippen molar-refractivity contribution in [3.05, 3.63) is 81.7 Å². The van der Waals surface area contributed by atoms with Crippen molar-refractivity contribution in [1.82, 2.24) is 5.32 Å². The zero-order valence-corrected chi connectivity index (χ0v) is 13.8. The second kappa shape index (κ2) is 7.38. The van der Waals surface area contributed by atoms with Crippen LogP contribution in [0.15, 0.2) is 63.8 Å². The number of hydrogen-bond donors (Lipinski definition) is 1. The van der Waals surface area contributed by atoms with Gasteiger partial charge in [-0.2, -0.15) is 13.2 Å². The molecule has 1 amide bonds. The Hall–Kier alpha value is -3.53. The molecule has 1 aromatic heterocycles. The van der Waals surface area contributed by atoms with Gasteiger partial charge in [0.25, 0.3) is 5.91 Å². The van der Waals surface area contributed by atoms with Crippen molar-refractivity contribution in [1.29, 1.82) is 0 Å². The van der Waals surface area contributed by atoms with Gasteiger partial charge in [0.1, 0.15) is 5.58 Å². The summed E-state index contributed by atoms with van der Waals surface area (Å²) in [6.07, 6.45) is -4.51. The molecule has 0 saturated carbocycles. The highest BCUT2D eigenvalue weighted by Gasteiger charge is 2.32. The Labute approximate surface area is 151 Å². The van der Waals surface area contributed by atoms with Crippen molar-refractivity contribution in [3.8, 4) is 11.8 Å². The molecular formula is C20H12F3NO3. The van der Waals surface area contributed by atoms with E-state index in [4.69, 9.17) is 4.42 Å². The highest BCUT2D eigenvalue weighted by molar-refractivity contribution is 5.93. The minimum absolute atomic E-state index is 0.184. The third-order valence-corrected chi connectivity index (χ3v) is 3.65. The Kier molecular flexibility index (Phi) is 4.99. The van der Waals surface area contributed by atoms with Crippen molar-refractivity contribution in [2.45, 2.75) is 6.18 Å². The zero-order chi connectivity index (χ0) is 19.4. The van der Waals surface area contributed by atoms with Crippen molar-refractivity contribution >= 4 is 16.9 Å². The Bertz CT molecular complexity index is 1120. The van der Waals surface area contributed by atoms with E-state index < -0.39 is 17.6 Å². The first-order chi connectivity index (χ1) is 12.9. The van der Waals surface area contributed by atoms with Gasteiger partial charge in [0.15, 0.2) is 11.2 Å². The number of alkyl halides is 3. The number of hydrogen-bond acceptors (Lipinski definition) is 3. The van der Waals surface area contributed by atoms with E-state index in [1.807, 2.05) is 0 Å². The third-order valence-electron chi connectivity index (χ3n) is 3.65. The molecule has 0 spiro atoms. The fourth-order valence-corrected chi connectivity index (χ4v) is 2.41. The fourth-order valence-electron chi connectivity index (χ4n) is 2.41. The topological polar surface area (TPSA) is 59.3 Å². The van der Waals surface area contributed by atoms with E-state index in [0.29, 0.717) is 5.39 Å². The number of para-hydroxylation sites is 1. The molecule has 2 aromatic carbocycles. The highest BCUT2D eigenvalue weighted by Crippen LogP contribution is 2.31. The van der Waals surface area contributed by atoms with Crippen LogP contribution in [0.1, 0.15) is 21.7 Å². The fraction of sp³-hybridized carbons (Fsp3) is 0.100. The van der Waals surface area contributed by atoms with Crippen LogP contribution in [0.25, 0.3) is 11.0 Å². The molecule has 0 radical (unpaired) electrons. The summed E-state index contributed by atoms with van der Waals surface area (Å²) in [5, 5.41) is 2.74. The molecular weight excluding hydrogens is 359 g/mol. The average Bonchev–Trinajstić information content (AvgIpc) is 2.64. The maximum Gasteiger partial charge on any atom is 0.417 e. The van der Waals surface area contributed by atoms with Crippen molar-refractivity contribution < 1.29 is 22.4 Å². The molecule has 0 aliphatic rings. The Morgan fingerprint density at radius 1 is 1.07 bits per heavy atom. The van der Waals surface area contributed by atoms with Crippen molar-refractivity contribution in [3.63, 3.8) is 0 Å². The maximum absolute atomic E-state index is 12.9. The van der Waals surface area contributed by atoms with E-state index in [0.717, 1.165) is 12.1 Å². The molecule has 3 aromatic rings. The number of carbonyl (C=O) groups is 1. The van der Waals surface area contributed by atoms with Gasteiger partial charge in [-0.25, -0.2) is 0 Å². The molecule has 0 atom stereocenters. The van der Waals surface area contributed by atoms with Crippen LogP contribution >= 0.6 is 0 Å². The van der Waals surface area contributed by atoms with Gasteiger partial charge < -0.3 is 9.73 Å². The van der Waals surface area contributed by atoms with Gasteiger partial charge >= 0.3 is 6.18 Å². The summed E-state index contributed by atoms with van der Waals surface area (Å²) in [4.78, 5) is 24.1. The monoisotopic (exact) mass is 371 g/mol. The first-order valence-corrected chi connectivity index (χ1v) is 7.82. The van der Waals surface area contributed by atoms with E-state index in [1.165, 1.54) is 18.2 Å². The SMILES string of the molecule is O=C(NCC#Cc1ccccc1C(F)(F)F)c1cc(=O)c2ccccc2o1. The van der Waals surface area contributed by atoms with Crippen LogP contribution in [0.5, 0.6) is 0 Å². The van der Waals surface area contributed by atoms with E-state index in [2.05, 4.69) is 17.2 Å². The summed E-state index contributed by atoms with van der Waals surface area (Å²) in [5.41, 5.74) is -1.13. The van der Waals surface area contributed by atoms with E-state index in [-0.39, 0.29) is 28.9 Å². The molecule has 0 aliphatic heterocycles. The quantitative estimate of drug-likeness (QED) is 0.701. The lowest BCUT2D eigenvalue weighted by Crippen LogP contribution is -2.24. The minimum atomic E-state index is -4.51. The molecule has 4 nitrogen and oxygen atoms in total. The predicted octanol–water partition coefficient (Wildman–Crippen LogP) is 3.59. The second-order valence-electron chi connectivity index (χ2n) is 5.50. The van der Waals surface area contributed by atoms with Gasteiger partial charge in [0, 0.05) is 11.6 Å². The van der Waals surface area contributed by atoms with Crippen LogP contribution < -0.4 is 10.7 Å². The molecule has 0 aliphatic carbocycles. The molecule has 0 fully saturated rings. The average molecular weight is 371 g/mol. The van der Waals surface area contributed by atoms with Crippen LogP contribution in [0.4, 0.5) is 13.2 Å². The first-order valence-electron chi connectivity index (χ1n) is 7.82. The van der Waals surface area contributed by atoms with Gasteiger partial charge in [-0.15, -0.1) is 0 Å². The number of rotatable bonds is 2. The number of amides is 1. The molecule has 136 valence electrons. The summed E-state index contributed by atoms with van der Waals surface area (Å²) in [5.74, 6) is 3.97. The predicted molar refractivity (Wildman–Crippen MR) is 93.1 cm³/mol. The zero-order valence-electron chi connectivity index (χ0n) is 13.8. The maximum atomic E-state index is 12.9. The summed E-state index contributed by atoms with van der Waals surface area (Å²) < 4.78 is 44.1. The van der Waals surface area contributed by atoms with E-state index >= 15 is 0 Å². The lowest BCUT2D eigenvalue weighted by Gasteiger charge is -2.08. The van der Waals surface area contributed by atoms with E-state index in [1.54, 1.807) is 24.3 Å². The van der Waals surface area contributed by atoms with Gasteiger partial charge in [-0.05, 0) is 24.3 Å². The smallest absolute Gasteiger partial charge is 0.417 e. The Morgan fingerprint density at radius 3 is 2.56 bits per heavy atom. The molecule has 1 N–H and O–H groups in total. The number of nitrogens with one attached hydrogen (secondary N) is 1. The lowest BCUT2D eigenvalue weighted by atomic mass is 10.1. The molecule has 27 heavy (non-hydrogen) atoms. The summed E-state index contributed by atoms with van der Waals surface area (Å²) in [6, 6.07) is 12.4. The number of benzene rings is 2. The molecule has 0 saturated heterocycles. The van der Waals surface area contributed by atoms with Crippen molar-refractivity contribution in [2.75, 3.05) is 6.54 Å². The molecule has 1 heterocycles. The van der Waals surface area contributed by atoms with E-state index in [9.17, 15) is 22.8 Å². The number of fused-ring (bicyclic) bond motifs is 1. The molecule has 7 heteroatoms. The third kappa shape index (κ3) is 4.18. The molecule has 0 unspecified atom stereocenters. The largest absolute Gasteiger partial charge is 0.451 e. The first kappa shape index (κ1) is 18.3. The summed E-state index contributed by atoms with van der Waals surface area (Å²) in [6.45, 7) is -0.207. The van der Waals surface area contributed by atoms with Crippen LogP contribution in [0.2, 0.25) is 0 Å².